The Morgan fingerprint density at radius 3 is 2.43 bits per heavy atom. The lowest BCUT2D eigenvalue weighted by atomic mass is 10.1. The van der Waals surface area contributed by atoms with Gasteiger partial charge in [-0.1, -0.05) is 11.6 Å². The van der Waals surface area contributed by atoms with E-state index in [1.165, 1.54) is 22.7 Å². The molecule has 10 heteroatoms. The number of rotatable bonds is 8. The number of carbonyl (C=O) groups is 3. The summed E-state index contributed by atoms with van der Waals surface area (Å²) in [6.07, 6.45) is 2.70. The summed E-state index contributed by atoms with van der Waals surface area (Å²) in [7, 11) is 1.79. The van der Waals surface area contributed by atoms with Crippen LogP contribution in [0.2, 0.25) is 4.34 Å². The van der Waals surface area contributed by atoms with Crippen LogP contribution >= 0.6 is 34.3 Å². The fourth-order valence-electron chi connectivity index (χ4n) is 4.77. The van der Waals surface area contributed by atoms with Gasteiger partial charge in [-0.3, -0.25) is 19.3 Å². The van der Waals surface area contributed by atoms with Crippen molar-refractivity contribution in [3.8, 4) is 9.75 Å². The first-order chi connectivity index (χ1) is 17.9. The van der Waals surface area contributed by atoms with E-state index in [4.69, 9.17) is 11.6 Å². The Morgan fingerprint density at radius 1 is 1.03 bits per heavy atom. The molecule has 3 amide bonds. The highest BCUT2D eigenvalue weighted by Gasteiger charge is 2.31. The van der Waals surface area contributed by atoms with E-state index in [-0.39, 0.29) is 23.6 Å². The quantitative estimate of drug-likeness (QED) is 0.425. The van der Waals surface area contributed by atoms with Gasteiger partial charge in [0.05, 0.1) is 15.8 Å². The second kappa shape index (κ2) is 11.3. The molecule has 0 aliphatic carbocycles. The number of carbonyl (C=O) groups excluding carboxylic acids is 3. The molecule has 37 heavy (non-hydrogen) atoms. The molecule has 3 aromatic rings. The van der Waals surface area contributed by atoms with E-state index < -0.39 is 0 Å². The molecule has 0 bridgehead atoms. The smallest absolute Gasteiger partial charge is 0.261 e. The maximum Gasteiger partial charge on any atom is 0.261 e. The van der Waals surface area contributed by atoms with Crippen LogP contribution in [0.3, 0.4) is 0 Å². The van der Waals surface area contributed by atoms with Gasteiger partial charge >= 0.3 is 0 Å². The molecule has 4 heterocycles. The minimum atomic E-state index is -0.129. The molecular formula is C27H29ClN4O3S2. The average molecular weight is 557 g/mol. The predicted octanol–water partition coefficient (Wildman–Crippen LogP) is 4.97. The first-order valence-corrected chi connectivity index (χ1v) is 14.4. The molecule has 0 spiro atoms. The Labute approximate surface area is 229 Å². The van der Waals surface area contributed by atoms with Gasteiger partial charge in [-0.05, 0) is 74.5 Å². The SMILES string of the molecule is CN(C(=O)CN1CCCC1)c1ccc(N2CC(CNC(=O)c3ccc(-c4ccc(Cl)s4)s3)CC2=O)cc1. The number of thiophene rings is 2. The van der Waals surface area contributed by atoms with E-state index in [1.54, 1.807) is 16.8 Å². The van der Waals surface area contributed by atoms with Crippen molar-refractivity contribution in [3.05, 3.63) is 57.7 Å². The van der Waals surface area contributed by atoms with Crippen molar-refractivity contribution < 1.29 is 14.4 Å². The summed E-state index contributed by atoms with van der Waals surface area (Å²) in [6.45, 7) is 3.38. The third kappa shape index (κ3) is 6.06. The van der Waals surface area contributed by atoms with Gasteiger partial charge in [-0.15, -0.1) is 22.7 Å². The second-order valence-electron chi connectivity index (χ2n) is 9.50. The number of likely N-dealkylation sites (N-methyl/N-ethyl adjacent to an activating group) is 1. The van der Waals surface area contributed by atoms with Crippen LogP contribution in [-0.2, 0) is 9.59 Å². The normalized spacial score (nSPS) is 17.9. The predicted molar refractivity (Wildman–Crippen MR) is 151 cm³/mol. The topological polar surface area (TPSA) is 73.0 Å². The third-order valence-electron chi connectivity index (χ3n) is 6.88. The lowest BCUT2D eigenvalue weighted by molar-refractivity contribution is -0.119. The lowest BCUT2D eigenvalue weighted by Gasteiger charge is -2.22. The Balaban J connectivity index is 1.13. The van der Waals surface area contributed by atoms with Crippen molar-refractivity contribution in [1.29, 1.82) is 0 Å². The molecular weight excluding hydrogens is 528 g/mol. The van der Waals surface area contributed by atoms with Gasteiger partial charge in [0.1, 0.15) is 0 Å². The number of benzene rings is 1. The number of halogens is 1. The van der Waals surface area contributed by atoms with E-state index in [9.17, 15) is 14.4 Å². The maximum absolute atomic E-state index is 12.7. The Hall–Kier alpha value is -2.72. The first-order valence-electron chi connectivity index (χ1n) is 12.4. The van der Waals surface area contributed by atoms with Gasteiger partial charge in [0.15, 0.2) is 0 Å². The molecule has 194 valence electrons. The second-order valence-corrected chi connectivity index (χ2v) is 12.3. The van der Waals surface area contributed by atoms with E-state index in [0.29, 0.717) is 30.9 Å². The summed E-state index contributed by atoms with van der Waals surface area (Å²) in [4.78, 5) is 46.3. The summed E-state index contributed by atoms with van der Waals surface area (Å²) in [5.74, 6) is 0.0189. The Kier molecular flexibility index (Phi) is 7.95. The van der Waals surface area contributed by atoms with Crippen LogP contribution in [-0.4, -0.2) is 62.4 Å². The standard InChI is InChI=1S/C27H29ClN4O3S2/c1-30(26(34)17-31-12-2-3-13-31)19-4-6-20(7-5-19)32-16-18(14-25(32)33)15-29-27(35)23-9-8-21(36-23)22-10-11-24(28)37-22/h4-11,18H,2-3,12-17H2,1H3,(H,29,35). The zero-order valence-electron chi connectivity index (χ0n) is 20.6. The lowest BCUT2D eigenvalue weighted by Crippen LogP contribution is -2.37. The zero-order chi connectivity index (χ0) is 25.9. The van der Waals surface area contributed by atoms with Crippen LogP contribution < -0.4 is 15.1 Å². The van der Waals surface area contributed by atoms with Gasteiger partial charge in [0.2, 0.25) is 11.8 Å². The van der Waals surface area contributed by atoms with Gasteiger partial charge in [0.25, 0.3) is 5.91 Å². The molecule has 2 aromatic heterocycles. The zero-order valence-corrected chi connectivity index (χ0v) is 23.0. The largest absolute Gasteiger partial charge is 0.351 e. The molecule has 2 aliphatic heterocycles. The van der Waals surface area contributed by atoms with Gasteiger partial charge < -0.3 is 15.1 Å². The van der Waals surface area contributed by atoms with Crippen LogP contribution in [0.4, 0.5) is 11.4 Å². The fourth-order valence-corrected chi connectivity index (χ4v) is 6.83. The van der Waals surface area contributed by atoms with Crippen molar-refractivity contribution >= 4 is 63.4 Å². The van der Waals surface area contributed by atoms with Crippen LogP contribution in [0.25, 0.3) is 9.75 Å². The molecule has 1 aromatic carbocycles. The van der Waals surface area contributed by atoms with E-state index in [1.807, 2.05) is 48.5 Å². The highest BCUT2D eigenvalue weighted by atomic mass is 35.5. The average Bonchev–Trinajstić information content (AvgIpc) is 3.70. The number of hydrogen-bond acceptors (Lipinski definition) is 6. The summed E-state index contributed by atoms with van der Waals surface area (Å²) in [5.41, 5.74) is 1.61. The van der Waals surface area contributed by atoms with Crippen molar-refractivity contribution in [2.45, 2.75) is 19.3 Å². The molecule has 5 rings (SSSR count). The molecule has 7 nitrogen and oxygen atoms in total. The molecule has 1 atom stereocenters. The van der Waals surface area contributed by atoms with Crippen molar-refractivity contribution in [2.75, 3.05) is 49.6 Å². The molecule has 0 saturated carbocycles. The first kappa shape index (κ1) is 25.9. The monoisotopic (exact) mass is 556 g/mol. The summed E-state index contributed by atoms with van der Waals surface area (Å²) in [6, 6.07) is 15.1. The van der Waals surface area contributed by atoms with Crippen LogP contribution in [0.5, 0.6) is 0 Å². The van der Waals surface area contributed by atoms with E-state index >= 15 is 0 Å². The van der Waals surface area contributed by atoms with E-state index in [0.717, 1.165) is 51.4 Å². The van der Waals surface area contributed by atoms with E-state index in [2.05, 4.69) is 10.2 Å². The van der Waals surface area contributed by atoms with Gasteiger partial charge in [0, 0.05) is 53.6 Å². The Bertz CT molecular complexity index is 1280. The van der Waals surface area contributed by atoms with Crippen molar-refractivity contribution in [2.24, 2.45) is 5.92 Å². The molecule has 2 aliphatic rings. The van der Waals surface area contributed by atoms with Crippen LogP contribution in [0, 0.1) is 5.92 Å². The highest BCUT2D eigenvalue weighted by molar-refractivity contribution is 7.24. The number of nitrogens with zero attached hydrogens (tertiary/aromatic N) is 3. The summed E-state index contributed by atoms with van der Waals surface area (Å²) < 4.78 is 0.720. The molecule has 2 saturated heterocycles. The number of amides is 3. The van der Waals surface area contributed by atoms with Crippen LogP contribution in [0.1, 0.15) is 28.9 Å². The number of anilines is 2. The fraction of sp³-hybridized carbons (Fsp3) is 0.370. The number of nitrogens with one attached hydrogen (secondary N) is 1. The van der Waals surface area contributed by atoms with Crippen molar-refractivity contribution in [3.63, 3.8) is 0 Å². The molecule has 2 fully saturated rings. The van der Waals surface area contributed by atoms with Crippen molar-refractivity contribution in [1.82, 2.24) is 10.2 Å². The number of hydrogen-bond donors (Lipinski definition) is 1. The van der Waals surface area contributed by atoms with Crippen LogP contribution in [0.15, 0.2) is 48.5 Å². The maximum atomic E-state index is 12.7. The third-order valence-corrected chi connectivity index (χ3v) is 9.39. The molecule has 0 radical (unpaired) electrons. The van der Waals surface area contributed by atoms with Gasteiger partial charge in [-0.2, -0.15) is 0 Å². The minimum Gasteiger partial charge on any atom is -0.351 e. The number of likely N-dealkylation sites (tertiary alicyclic amines) is 1. The Morgan fingerprint density at radius 2 is 1.73 bits per heavy atom. The summed E-state index contributed by atoms with van der Waals surface area (Å²) >= 11 is 8.95. The highest BCUT2D eigenvalue weighted by Crippen LogP contribution is 2.35. The van der Waals surface area contributed by atoms with Gasteiger partial charge in [-0.25, -0.2) is 0 Å². The minimum absolute atomic E-state index is 0.0383. The molecule has 1 N–H and O–H groups in total. The summed E-state index contributed by atoms with van der Waals surface area (Å²) in [5, 5.41) is 2.99. The molecule has 1 unspecified atom stereocenters.